The van der Waals surface area contributed by atoms with Gasteiger partial charge in [-0.05, 0) is 30.7 Å². The molecule has 0 amide bonds. The zero-order valence-electron chi connectivity index (χ0n) is 16.0. The van der Waals surface area contributed by atoms with E-state index in [0.29, 0.717) is 35.8 Å². The van der Waals surface area contributed by atoms with E-state index in [2.05, 4.69) is 0 Å². The van der Waals surface area contributed by atoms with Gasteiger partial charge < -0.3 is 14.2 Å². The molecule has 0 radical (unpaired) electrons. The highest BCUT2D eigenvalue weighted by Gasteiger charge is 2.18. The highest BCUT2D eigenvalue weighted by molar-refractivity contribution is 5.98. The van der Waals surface area contributed by atoms with Gasteiger partial charge in [-0.15, -0.1) is 0 Å². The van der Waals surface area contributed by atoms with E-state index in [0.717, 1.165) is 6.42 Å². The number of carbonyl (C=O) groups is 2. The maximum atomic E-state index is 12.4. The Bertz CT molecular complexity index is 925. The van der Waals surface area contributed by atoms with Gasteiger partial charge in [-0.1, -0.05) is 12.1 Å². The minimum Gasteiger partial charge on any atom is -0.490 e. The highest BCUT2D eigenvalue weighted by atomic mass is 16.6. The molecule has 152 valence electrons. The molecule has 1 heterocycles. The number of nitro benzene ring substituents is 1. The average Bonchev–Trinajstić information content (AvgIpc) is 2.96. The van der Waals surface area contributed by atoms with E-state index >= 15 is 0 Å². The van der Waals surface area contributed by atoms with Gasteiger partial charge in [0.15, 0.2) is 17.3 Å². The Hall–Kier alpha value is -3.42. The van der Waals surface area contributed by atoms with Crippen molar-refractivity contribution in [1.82, 2.24) is 0 Å². The number of hydrogen-bond donors (Lipinski definition) is 0. The van der Waals surface area contributed by atoms with Gasteiger partial charge in [0.05, 0.1) is 24.6 Å². The standard InChI is InChI=1S/C21H21NO7/c1-14(15-4-2-5-17(12-15)22(25)26)29-21(24)9-7-18(23)16-6-8-19-20(13-16)28-11-3-10-27-19/h2,4-6,8,12-14H,3,7,9-11H2,1H3/t14-/m0/s1. The van der Waals surface area contributed by atoms with E-state index < -0.39 is 17.0 Å². The Kier molecular flexibility index (Phi) is 6.43. The minimum atomic E-state index is -0.657. The number of nitrogens with zero attached hydrogens (tertiary/aromatic N) is 1. The fraction of sp³-hybridized carbons (Fsp3) is 0.333. The van der Waals surface area contributed by atoms with Crippen LogP contribution in [0.4, 0.5) is 5.69 Å². The molecule has 0 bridgehead atoms. The van der Waals surface area contributed by atoms with E-state index in [1.165, 1.54) is 18.2 Å². The third kappa shape index (κ3) is 5.31. The normalized spacial score (nSPS) is 13.8. The van der Waals surface area contributed by atoms with E-state index in [-0.39, 0.29) is 24.3 Å². The van der Waals surface area contributed by atoms with Gasteiger partial charge in [-0.25, -0.2) is 0 Å². The zero-order valence-corrected chi connectivity index (χ0v) is 16.0. The first-order chi connectivity index (χ1) is 13.9. The minimum absolute atomic E-state index is 0.0138. The summed E-state index contributed by atoms with van der Waals surface area (Å²) in [5.74, 6) is 0.367. The maximum absolute atomic E-state index is 12.4. The Labute approximate surface area is 167 Å². The van der Waals surface area contributed by atoms with Crippen molar-refractivity contribution in [3.05, 3.63) is 63.7 Å². The van der Waals surface area contributed by atoms with Gasteiger partial charge in [-0.2, -0.15) is 0 Å². The molecule has 0 aliphatic carbocycles. The monoisotopic (exact) mass is 399 g/mol. The van der Waals surface area contributed by atoms with Crippen LogP contribution < -0.4 is 9.47 Å². The molecule has 2 aromatic carbocycles. The van der Waals surface area contributed by atoms with Crippen LogP contribution >= 0.6 is 0 Å². The van der Waals surface area contributed by atoms with E-state index in [1.807, 2.05) is 0 Å². The molecule has 0 saturated carbocycles. The summed E-state index contributed by atoms with van der Waals surface area (Å²) in [5, 5.41) is 10.9. The Balaban J connectivity index is 1.55. The highest BCUT2D eigenvalue weighted by Crippen LogP contribution is 2.31. The molecule has 8 nitrogen and oxygen atoms in total. The lowest BCUT2D eigenvalue weighted by Crippen LogP contribution is -2.11. The third-order valence-corrected chi connectivity index (χ3v) is 4.48. The van der Waals surface area contributed by atoms with Gasteiger partial charge in [0.25, 0.3) is 5.69 Å². The Morgan fingerprint density at radius 1 is 1.10 bits per heavy atom. The second-order valence-electron chi connectivity index (χ2n) is 6.62. The molecule has 0 N–H and O–H groups in total. The summed E-state index contributed by atoms with van der Waals surface area (Å²) >= 11 is 0. The van der Waals surface area contributed by atoms with Gasteiger partial charge in [0, 0.05) is 30.5 Å². The van der Waals surface area contributed by atoms with Crippen molar-refractivity contribution in [2.75, 3.05) is 13.2 Å². The molecule has 0 aromatic heterocycles. The van der Waals surface area contributed by atoms with Gasteiger partial charge in [0.2, 0.25) is 0 Å². The number of benzene rings is 2. The van der Waals surface area contributed by atoms with Crippen molar-refractivity contribution in [2.45, 2.75) is 32.3 Å². The van der Waals surface area contributed by atoms with E-state index in [4.69, 9.17) is 14.2 Å². The predicted octanol–water partition coefficient (Wildman–Crippen LogP) is 4.02. The van der Waals surface area contributed by atoms with Crippen molar-refractivity contribution in [2.24, 2.45) is 0 Å². The fourth-order valence-electron chi connectivity index (χ4n) is 2.91. The molecule has 8 heteroatoms. The third-order valence-electron chi connectivity index (χ3n) is 4.48. The lowest BCUT2D eigenvalue weighted by atomic mass is 10.1. The Morgan fingerprint density at radius 2 is 1.86 bits per heavy atom. The van der Waals surface area contributed by atoms with Crippen LogP contribution in [0, 0.1) is 10.1 Å². The van der Waals surface area contributed by atoms with Crippen molar-refractivity contribution >= 4 is 17.4 Å². The lowest BCUT2D eigenvalue weighted by molar-refractivity contribution is -0.385. The van der Waals surface area contributed by atoms with Crippen molar-refractivity contribution in [3.8, 4) is 11.5 Å². The largest absolute Gasteiger partial charge is 0.490 e. The molecule has 0 unspecified atom stereocenters. The fourth-order valence-corrected chi connectivity index (χ4v) is 2.91. The van der Waals surface area contributed by atoms with E-state index in [9.17, 15) is 19.7 Å². The van der Waals surface area contributed by atoms with Crippen molar-refractivity contribution in [3.63, 3.8) is 0 Å². The van der Waals surface area contributed by atoms with Gasteiger partial charge in [0.1, 0.15) is 6.10 Å². The number of rotatable bonds is 7. The van der Waals surface area contributed by atoms with Crippen molar-refractivity contribution < 1.29 is 28.7 Å². The molecule has 2 aromatic rings. The van der Waals surface area contributed by atoms with Crippen molar-refractivity contribution in [1.29, 1.82) is 0 Å². The molecule has 1 aliphatic rings. The molecule has 0 fully saturated rings. The summed E-state index contributed by atoms with van der Waals surface area (Å²) in [6.45, 7) is 2.71. The van der Waals surface area contributed by atoms with E-state index in [1.54, 1.807) is 31.2 Å². The molecule has 0 saturated heterocycles. The molecule has 29 heavy (non-hydrogen) atoms. The molecule has 1 atom stereocenters. The number of non-ortho nitro benzene ring substituents is 1. The molecular weight excluding hydrogens is 378 g/mol. The number of hydrogen-bond acceptors (Lipinski definition) is 7. The quantitative estimate of drug-likeness (QED) is 0.300. The summed E-state index contributed by atoms with van der Waals surface area (Å²) in [5.41, 5.74) is 0.880. The van der Waals surface area contributed by atoms with Crippen LogP contribution in [0.2, 0.25) is 0 Å². The number of carbonyl (C=O) groups excluding carboxylic acids is 2. The summed E-state index contributed by atoms with van der Waals surface area (Å²) < 4.78 is 16.4. The van der Waals surface area contributed by atoms with Crippen LogP contribution in [0.1, 0.15) is 48.2 Å². The first kappa shape index (κ1) is 20.3. The van der Waals surface area contributed by atoms with Crippen LogP contribution in [0.5, 0.6) is 11.5 Å². The number of ether oxygens (including phenoxy) is 3. The molecular formula is C21H21NO7. The lowest BCUT2D eigenvalue weighted by Gasteiger charge is -2.13. The Morgan fingerprint density at radius 3 is 2.62 bits per heavy atom. The van der Waals surface area contributed by atoms with Crippen LogP contribution in [-0.2, 0) is 9.53 Å². The molecule has 3 rings (SSSR count). The second kappa shape index (κ2) is 9.18. The van der Waals surface area contributed by atoms with Gasteiger partial charge in [-0.3, -0.25) is 19.7 Å². The molecule has 0 spiro atoms. The number of esters is 1. The average molecular weight is 399 g/mol. The molecule has 1 aliphatic heterocycles. The summed E-state index contributed by atoms with van der Waals surface area (Å²) in [6.07, 6.45) is 0.00900. The van der Waals surface area contributed by atoms with Crippen LogP contribution in [-0.4, -0.2) is 29.9 Å². The number of fused-ring (bicyclic) bond motifs is 1. The first-order valence-electron chi connectivity index (χ1n) is 9.30. The van der Waals surface area contributed by atoms with Crippen LogP contribution in [0.15, 0.2) is 42.5 Å². The second-order valence-corrected chi connectivity index (χ2v) is 6.62. The number of ketones is 1. The SMILES string of the molecule is C[C@H](OC(=O)CCC(=O)c1ccc2c(c1)OCCCO2)c1cccc([N+](=O)[O-])c1. The smallest absolute Gasteiger partial charge is 0.306 e. The van der Waals surface area contributed by atoms with Gasteiger partial charge >= 0.3 is 5.97 Å². The number of nitro groups is 1. The maximum Gasteiger partial charge on any atom is 0.306 e. The summed E-state index contributed by atoms with van der Waals surface area (Å²) in [6, 6.07) is 10.9. The summed E-state index contributed by atoms with van der Waals surface area (Å²) in [4.78, 5) is 34.9. The van der Waals surface area contributed by atoms with Crippen LogP contribution in [0.25, 0.3) is 0 Å². The summed E-state index contributed by atoms with van der Waals surface area (Å²) in [7, 11) is 0. The first-order valence-corrected chi connectivity index (χ1v) is 9.30. The van der Waals surface area contributed by atoms with Crippen LogP contribution in [0.3, 0.4) is 0 Å². The number of Topliss-reactive ketones (excluding diaryl/α,β-unsaturated/α-hetero) is 1. The topological polar surface area (TPSA) is 105 Å². The zero-order chi connectivity index (χ0) is 20.8. The predicted molar refractivity (Wildman–Crippen MR) is 103 cm³/mol.